The molecule has 0 bridgehead atoms. The molecule has 0 rings (SSSR count). The van der Waals surface area contributed by atoms with E-state index in [2.05, 4.69) is 6.58 Å². The lowest BCUT2D eigenvalue weighted by Gasteiger charge is -2.21. The molecular weight excluding hydrogens is 134 g/mol. The van der Waals surface area contributed by atoms with Crippen LogP contribution in [-0.2, 0) is 0 Å². The van der Waals surface area contributed by atoms with Crippen molar-refractivity contribution in [2.75, 3.05) is 0 Å². The fourth-order valence-electron chi connectivity index (χ4n) is 0.340. The van der Waals surface area contributed by atoms with E-state index in [0.29, 0.717) is 5.57 Å². The van der Waals surface area contributed by atoms with E-state index in [1.807, 2.05) is 0 Å². The number of allylic oxidation sites excluding steroid dienone is 2. The molecular formula is C8H12F2. The van der Waals surface area contributed by atoms with Crippen molar-refractivity contribution in [1.82, 2.24) is 0 Å². The van der Waals surface area contributed by atoms with Gasteiger partial charge in [0.15, 0.2) is 0 Å². The van der Waals surface area contributed by atoms with Crippen LogP contribution < -0.4 is 0 Å². The molecule has 0 saturated heterocycles. The largest absolute Gasteiger partial charge is 0.213 e. The van der Waals surface area contributed by atoms with Crippen LogP contribution in [0.25, 0.3) is 0 Å². The fourth-order valence-corrected chi connectivity index (χ4v) is 0.340. The average molecular weight is 146 g/mol. The molecule has 0 aromatic heterocycles. The normalized spacial score (nSPS) is 13.5. The molecule has 0 unspecified atom stereocenters. The lowest BCUT2D eigenvalue weighted by molar-refractivity contribution is 0.391. The Kier molecular flexibility index (Phi) is 2.76. The smallest absolute Gasteiger partial charge is 0.138 e. The SMILES string of the molecule is C=C(C)C(C)(C)/C(F)=C/F. The lowest BCUT2D eigenvalue weighted by Crippen LogP contribution is -2.12. The second-order valence-corrected chi connectivity index (χ2v) is 2.86. The first-order valence-corrected chi connectivity index (χ1v) is 3.05. The first kappa shape index (κ1) is 9.34. The summed E-state index contributed by atoms with van der Waals surface area (Å²) in [6.07, 6.45) is -0.0192. The van der Waals surface area contributed by atoms with Crippen LogP contribution in [0.15, 0.2) is 24.3 Å². The summed E-state index contributed by atoms with van der Waals surface area (Å²) in [4.78, 5) is 0. The summed E-state index contributed by atoms with van der Waals surface area (Å²) in [6.45, 7) is 8.39. The van der Waals surface area contributed by atoms with E-state index in [-0.39, 0.29) is 6.33 Å². The zero-order valence-corrected chi connectivity index (χ0v) is 6.54. The Balaban J connectivity index is 4.56. The molecule has 10 heavy (non-hydrogen) atoms. The first-order chi connectivity index (χ1) is 4.42. The van der Waals surface area contributed by atoms with Gasteiger partial charge in [-0.05, 0) is 20.8 Å². The molecule has 0 nitrogen and oxygen atoms in total. The summed E-state index contributed by atoms with van der Waals surface area (Å²) in [7, 11) is 0. The summed E-state index contributed by atoms with van der Waals surface area (Å²) >= 11 is 0. The number of halogens is 2. The third kappa shape index (κ3) is 1.66. The average Bonchev–Trinajstić information content (AvgIpc) is 1.86. The molecule has 0 heterocycles. The number of rotatable bonds is 2. The van der Waals surface area contributed by atoms with Gasteiger partial charge in [0.05, 0.1) is 0 Å². The highest BCUT2D eigenvalue weighted by atomic mass is 19.2. The minimum Gasteiger partial charge on any atom is -0.213 e. The molecule has 0 aliphatic heterocycles. The van der Waals surface area contributed by atoms with E-state index >= 15 is 0 Å². The van der Waals surface area contributed by atoms with Gasteiger partial charge in [-0.2, -0.15) is 0 Å². The van der Waals surface area contributed by atoms with Crippen molar-refractivity contribution in [3.8, 4) is 0 Å². The second-order valence-electron chi connectivity index (χ2n) is 2.86. The van der Waals surface area contributed by atoms with E-state index in [1.54, 1.807) is 20.8 Å². The second kappa shape index (κ2) is 2.95. The van der Waals surface area contributed by atoms with Gasteiger partial charge in [0, 0.05) is 5.41 Å². The van der Waals surface area contributed by atoms with Crippen molar-refractivity contribution in [3.05, 3.63) is 24.3 Å². The standard InChI is InChI=1S/C8H12F2/c1-6(2)8(3,4)7(10)5-9/h5H,1H2,2-4H3/b7-5-. The minimum atomic E-state index is -0.866. The van der Waals surface area contributed by atoms with Gasteiger partial charge in [-0.15, -0.1) is 0 Å². The molecule has 0 N–H and O–H groups in total. The Labute approximate surface area is 60.2 Å². The Morgan fingerprint density at radius 1 is 1.50 bits per heavy atom. The van der Waals surface area contributed by atoms with Crippen LogP contribution in [0.4, 0.5) is 8.78 Å². The highest BCUT2D eigenvalue weighted by molar-refractivity contribution is 5.17. The third-order valence-electron chi connectivity index (χ3n) is 1.76. The van der Waals surface area contributed by atoms with E-state index in [1.165, 1.54) is 0 Å². The zero-order valence-electron chi connectivity index (χ0n) is 6.54. The minimum absolute atomic E-state index is 0.0192. The third-order valence-corrected chi connectivity index (χ3v) is 1.76. The highest BCUT2D eigenvalue weighted by Gasteiger charge is 2.24. The molecule has 0 aliphatic rings. The van der Waals surface area contributed by atoms with E-state index in [9.17, 15) is 8.78 Å². The van der Waals surface area contributed by atoms with Gasteiger partial charge in [-0.3, -0.25) is 0 Å². The Morgan fingerprint density at radius 2 is 1.90 bits per heavy atom. The van der Waals surface area contributed by atoms with Gasteiger partial charge < -0.3 is 0 Å². The van der Waals surface area contributed by atoms with Crippen molar-refractivity contribution in [3.63, 3.8) is 0 Å². The highest BCUT2D eigenvalue weighted by Crippen LogP contribution is 2.33. The molecule has 0 aromatic carbocycles. The monoisotopic (exact) mass is 146 g/mol. The van der Waals surface area contributed by atoms with Crippen molar-refractivity contribution in [2.24, 2.45) is 5.41 Å². The van der Waals surface area contributed by atoms with E-state index in [4.69, 9.17) is 0 Å². The molecule has 0 atom stereocenters. The molecule has 0 amide bonds. The maximum atomic E-state index is 12.6. The summed E-state index contributed by atoms with van der Waals surface area (Å²) in [6, 6.07) is 0. The number of hydrogen-bond donors (Lipinski definition) is 0. The van der Waals surface area contributed by atoms with Crippen molar-refractivity contribution in [1.29, 1.82) is 0 Å². The van der Waals surface area contributed by atoms with Crippen LogP contribution in [0.1, 0.15) is 20.8 Å². The van der Waals surface area contributed by atoms with Gasteiger partial charge in [0.1, 0.15) is 12.2 Å². The van der Waals surface area contributed by atoms with Gasteiger partial charge in [0.2, 0.25) is 0 Å². The predicted molar refractivity (Wildman–Crippen MR) is 38.9 cm³/mol. The molecule has 0 spiro atoms. The van der Waals surface area contributed by atoms with Crippen molar-refractivity contribution >= 4 is 0 Å². The lowest BCUT2D eigenvalue weighted by atomic mass is 9.85. The van der Waals surface area contributed by atoms with Gasteiger partial charge >= 0.3 is 0 Å². The molecule has 0 radical (unpaired) electrons. The van der Waals surface area contributed by atoms with Gasteiger partial charge in [-0.25, -0.2) is 8.78 Å². The van der Waals surface area contributed by atoms with Crippen LogP contribution in [0.5, 0.6) is 0 Å². The topological polar surface area (TPSA) is 0 Å². The molecule has 58 valence electrons. The van der Waals surface area contributed by atoms with E-state index < -0.39 is 11.2 Å². The maximum absolute atomic E-state index is 12.6. The van der Waals surface area contributed by atoms with Crippen LogP contribution in [0, 0.1) is 5.41 Å². The quantitative estimate of drug-likeness (QED) is 0.524. The molecule has 0 saturated carbocycles. The summed E-state index contributed by atoms with van der Waals surface area (Å²) < 4.78 is 24.3. The first-order valence-electron chi connectivity index (χ1n) is 3.05. The van der Waals surface area contributed by atoms with Crippen LogP contribution >= 0.6 is 0 Å². The van der Waals surface area contributed by atoms with Crippen LogP contribution in [0.3, 0.4) is 0 Å². The molecule has 0 aromatic rings. The molecule has 2 heteroatoms. The van der Waals surface area contributed by atoms with Gasteiger partial charge in [-0.1, -0.05) is 12.2 Å². The maximum Gasteiger partial charge on any atom is 0.138 e. The summed E-state index contributed by atoms with van der Waals surface area (Å²) in [5.41, 5.74) is -0.256. The zero-order chi connectivity index (χ0) is 8.36. The van der Waals surface area contributed by atoms with Crippen LogP contribution in [0.2, 0.25) is 0 Å². The summed E-state index contributed by atoms with van der Waals surface area (Å²) in [5, 5.41) is 0. The Morgan fingerprint density at radius 3 is 2.00 bits per heavy atom. The molecule has 0 aliphatic carbocycles. The Bertz CT molecular complexity index is 166. The van der Waals surface area contributed by atoms with Crippen LogP contribution in [-0.4, -0.2) is 0 Å². The van der Waals surface area contributed by atoms with Crippen molar-refractivity contribution < 1.29 is 8.78 Å². The van der Waals surface area contributed by atoms with Gasteiger partial charge in [0.25, 0.3) is 0 Å². The fraction of sp³-hybridized carbons (Fsp3) is 0.500. The Hall–Kier alpha value is -0.660. The van der Waals surface area contributed by atoms with Crippen molar-refractivity contribution in [2.45, 2.75) is 20.8 Å². The predicted octanol–water partition coefficient (Wildman–Crippen LogP) is 3.37. The molecule has 0 fully saturated rings. The number of hydrogen-bond acceptors (Lipinski definition) is 0. The van der Waals surface area contributed by atoms with E-state index in [0.717, 1.165) is 0 Å². The summed E-state index contributed by atoms with van der Waals surface area (Å²) in [5.74, 6) is -0.778.